The van der Waals surface area contributed by atoms with Gasteiger partial charge in [-0.2, -0.15) is 0 Å². The van der Waals surface area contributed by atoms with Crippen LogP contribution >= 0.6 is 34.8 Å². The van der Waals surface area contributed by atoms with E-state index in [1.54, 1.807) is 6.08 Å². The van der Waals surface area contributed by atoms with Crippen LogP contribution in [0.2, 0.25) is 0 Å². The molecule has 0 aromatic heterocycles. The maximum Gasteiger partial charge on any atom is 0.303 e. The first-order valence-electron chi connectivity index (χ1n) is 10.2. The second kappa shape index (κ2) is 13.1. The molecule has 1 rings (SSSR count). The van der Waals surface area contributed by atoms with E-state index in [1.165, 1.54) is 0 Å². The zero-order valence-corrected chi connectivity index (χ0v) is 18.8. The molecule has 3 N–H and O–H groups in total. The summed E-state index contributed by atoms with van der Waals surface area (Å²) in [6, 6.07) is 0. The maximum absolute atomic E-state index is 10.6. The summed E-state index contributed by atoms with van der Waals surface area (Å²) in [6.45, 7) is 2.12. The van der Waals surface area contributed by atoms with Crippen molar-refractivity contribution in [3.8, 4) is 0 Å². The van der Waals surface area contributed by atoms with Crippen molar-refractivity contribution in [3.63, 3.8) is 0 Å². The summed E-state index contributed by atoms with van der Waals surface area (Å²) in [5, 5.41) is 29.3. The van der Waals surface area contributed by atoms with Crippen LogP contribution in [0.1, 0.15) is 77.6 Å². The standard InChI is InChI=1S/C21H33Cl3O4/c1-2-3-6-9-15(25)12-13-17-16(10-7-4-5-8-11-20(27)28)18(14-19(17)26)21(22,23)24/h12-13,15,17,19,25-26H,2-11,14H2,1H3,(H,27,28)/t15-,17+,19+/m0/s1. The van der Waals surface area contributed by atoms with E-state index >= 15 is 0 Å². The van der Waals surface area contributed by atoms with Gasteiger partial charge in [0.1, 0.15) is 0 Å². The number of aliphatic carboxylic acids is 1. The van der Waals surface area contributed by atoms with Gasteiger partial charge in [-0.1, -0.05) is 91.6 Å². The summed E-state index contributed by atoms with van der Waals surface area (Å²) < 4.78 is -1.55. The zero-order chi connectivity index (χ0) is 21.2. The normalized spacial score (nSPS) is 21.6. The van der Waals surface area contributed by atoms with E-state index in [2.05, 4.69) is 6.92 Å². The molecule has 0 amide bonds. The molecule has 0 aromatic rings. The van der Waals surface area contributed by atoms with Gasteiger partial charge in [-0.05, 0) is 37.7 Å². The summed E-state index contributed by atoms with van der Waals surface area (Å²) in [5.74, 6) is -1.03. The van der Waals surface area contributed by atoms with Crippen LogP contribution in [0.5, 0.6) is 0 Å². The lowest BCUT2D eigenvalue weighted by Gasteiger charge is -2.18. The minimum atomic E-state index is -1.55. The second-order valence-electron chi connectivity index (χ2n) is 7.55. The molecule has 1 aliphatic rings. The van der Waals surface area contributed by atoms with E-state index in [-0.39, 0.29) is 12.3 Å². The molecule has 0 aliphatic heterocycles. The number of halogens is 3. The quantitative estimate of drug-likeness (QED) is 0.182. The van der Waals surface area contributed by atoms with E-state index in [0.29, 0.717) is 31.3 Å². The number of hydrogen-bond acceptors (Lipinski definition) is 3. The Kier molecular flexibility index (Phi) is 12.1. The Morgan fingerprint density at radius 3 is 2.46 bits per heavy atom. The molecule has 4 nitrogen and oxygen atoms in total. The van der Waals surface area contributed by atoms with Gasteiger partial charge in [0.2, 0.25) is 3.79 Å². The van der Waals surface area contributed by atoms with Gasteiger partial charge in [0.25, 0.3) is 0 Å². The summed E-state index contributed by atoms with van der Waals surface area (Å²) in [6.07, 6.45) is 10.7. The predicted octanol–water partition coefficient (Wildman–Crippen LogP) is 5.96. The molecule has 162 valence electrons. The molecule has 0 saturated heterocycles. The largest absolute Gasteiger partial charge is 0.481 e. The van der Waals surface area contributed by atoms with Crippen LogP contribution in [0.15, 0.2) is 23.3 Å². The van der Waals surface area contributed by atoms with Crippen molar-refractivity contribution in [2.45, 2.75) is 93.6 Å². The summed E-state index contributed by atoms with van der Waals surface area (Å²) in [5.41, 5.74) is 1.58. The highest BCUT2D eigenvalue weighted by molar-refractivity contribution is 6.69. The number of rotatable bonds is 13. The van der Waals surface area contributed by atoms with Crippen molar-refractivity contribution in [1.82, 2.24) is 0 Å². The minimum Gasteiger partial charge on any atom is -0.481 e. The summed E-state index contributed by atoms with van der Waals surface area (Å²) >= 11 is 18.4. The number of carbonyl (C=O) groups is 1. The Hall–Kier alpha value is -0.260. The van der Waals surface area contributed by atoms with E-state index < -0.39 is 22.0 Å². The van der Waals surface area contributed by atoms with Crippen LogP contribution in [0.3, 0.4) is 0 Å². The third-order valence-corrected chi connectivity index (χ3v) is 5.88. The van der Waals surface area contributed by atoms with Gasteiger partial charge < -0.3 is 15.3 Å². The average Bonchev–Trinajstić information content (AvgIpc) is 2.92. The lowest BCUT2D eigenvalue weighted by Crippen LogP contribution is -2.15. The van der Waals surface area contributed by atoms with Crippen LogP contribution in [-0.4, -0.2) is 37.3 Å². The van der Waals surface area contributed by atoms with Crippen LogP contribution in [0.4, 0.5) is 0 Å². The molecule has 0 radical (unpaired) electrons. The number of carboxylic acid groups (broad SMARTS) is 1. The van der Waals surface area contributed by atoms with Gasteiger partial charge in [0.05, 0.1) is 12.2 Å². The lowest BCUT2D eigenvalue weighted by molar-refractivity contribution is -0.137. The zero-order valence-electron chi connectivity index (χ0n) is 16.5. The third kappa shape index (κ3) is 9.49. The Labute approximate surface area is 183 Å². The Morgan fingerprint density at radius 2 is 1.86 bits per heavy atom. The van der Waals surface area contributed by atoms with Gasteiger partial charge in [-0.15, -0.1) is 0 Å². The fourth-order valence-electron chi connectivity index (χ4n) is 3.65. The second-order valence-corrected chi connectivity index (χ2v) is 9.84. The predicted molar refractivity (Wildman–Crippen MR) is 116 cm³/mol. The number of unbranched alkanes of at least 4 members (excludes halogenated alkanes) is 5. The van der Waals surface area contributed by atoms with Crippen LogP contribution in [0.25, 0.3) is 0 Å². The van der Waals surface area contributed by atoms with Crippen LogP contribution in [-0.2, 0) is 4.79 Å². The SMILES string of the molecule is CCCCC[C@H](O)C=C[C@@H]1C(CCCCCCC(=O)O)=C(C(Cl)(Cl)Cl)C[C@H]1O. The molecule has 0 fully saturated rings. The van der Waals surface area contributed by atoms with Crippen molar-refractivity contribution in [3.05, 3.63) is 23.3 Å². The van der Waals surface area contributed by atoms with Gasteiger partial charge in [0.15, 0.2) is 0 Å². The smallest absolute Gasteiger partial charge is 0.303 e. The van der Waals surface area contributed by atoms with E-state index in [9.17, 15) is 15.0 Å². The highest BCUT2D eigenvalue weighted by atomic mass is 35.6. The van der Waals surface area contributed by atoms with Gasteiger partial charge in [-0.3, -0.25) is 4.79 Å². The maximum atomic E-state index is 10.6. The molecule has 1 aliphatic carbocycles. The molecule has 0 bridgehead atoms. The van der Waals surface area contributed by atoms with Crippen molar-refractivity contribution in [2.75, 3.05) is 0 Å². The molecule has 28 heavy (non-hydrogen) atoms. The lowest BCUT2D eigenvalue weighted by atomic mass is 9.92. The molecular formula is C21H33Cl3O4. The first kappa shape index (κ1) is 25.8. The van der Waals surface area contributed by atoms with Gasteiger partial charge in [0, 0.05) is 12.3 Å². The molecule has 0 unspecified atom stereocenters. The highest BCUT2D eigenvalue weighted by Gasteiger charge is 2.40. The molecule has 0 spiro atoms. The van der Waals surface area contributed by atoms with Crippen molar-refractivity contribution >= 4 is 40.8 Å². The Balaban J connectivity index is 2.71. The van der Waals surface area contributed by atoms with Crippen molar-refractivity contribution < 1.29 is 20.1 Å². The Bertz CT molecular complexity index is 540. The molecule has 3 atom stereocenters. The molecule has 0 heterocycles. The fraction of sp³-hybridized carbons (Fsp3) is 0.762. The fourth-order valence-corrected chi connectivity index (χ4v) is 4.25. The van der Waals surface area contributed by atoms with Gasteiger partial charge in [-0.25, -0.2) is 0 Å². The van der Waals surface area contributed by atoms with Crippen LogP contribution < -0.4 is 0 Å². The Morgan fingerprint density at radius 1 is 1.18 bits per heavy atom. The van der Waals surface area contributed by atoms with Gasteiger partial charge >= 0.3 is 5.97 Å². The first-order valence-corrected chi connectivity index (χ1v) is 11.4. The first-order chi connectivity index (χ1) is 13.2. The molecular weight excluding hydrogens is 423 g/mol. The summed E-state index contributed by atoms with van der Waals surface area (Å²) in [7, 11) is 0. The number of carboxylic acids is 1. The van der Waals surface area contributed by atoms with Crippen molar-refractivity contribution in [1.29, 1.82) is 0 Å². The number of aliphatic hydroxyl groups is 2. The average molecular weight is 456 g/mol. The molecule has 0 saturated carbocycles. The highest BCUT2D eigenvalue weighted by Crippen LogP contribution is 2.47. The third-order valence-electron chi connectivity index (χ3n) is 5.19. The van der Waals surface area contributed by atoms with E-state index in [4.69, 9.17) is 39.9 Å². The minimum absolute atomic E-state index is 0.183. The van der Waals surface area contributed by atoms with E-state index in [0.717, 1.165) is 44.1 Å². The topological polar surface area (TPSA) is 77.8 Å². The van der Waals surface area contributed by atoms with E-state index in [1.807, 2.05) is 6.08 Å². The number of alkyl halides is 3. The molecule has 7 heteroatoms. The van der Waals surface area contributed by atoms with Crippen molar-refractivity contribution in [2.24, 2.45) is 5.92 Å². The molecule has 0 aromatic carbocycles. The number of aliphatic hydroxyl groups excluding tert-OH is 2. The summed E-state index contributed by atoms with van der Waals surface area (Å²) in [4.78, 5) is 10.6. The van der Waals surface area contributed by atoms with Crippen LogP contribution in [0, 0.1) is 5.92 Å². The monoisotopic (exact) mass is 454 g/mol. The number of hydrogen-bond donors (Lipinski definition) is 3.